The van der Waals surface area contributed by atoms with Crippen LogP contribution >= 0.6 is 0 Å². The van der Waals surface area contributed by atoms with Gasteiger partial charge in [0.2, 0.25) is 0 Å². The molecule has 0 saturated carbocycles. The molecule has 0 spiro atoms. The summed E-state index contributed by atoms with van der Waals surface area (Å²) in [6.07, 6.45) is 1.14. The molecule has 1 N–H and O–H groups in total. The molecule has 3 rings (SSSR count). The lowest BCUT2D eigenvalue weighted by Gasteiger charge is -2.07. The minimum Gasteiger partial charge on any atom is -0.358 e. The van der Waals surface area contributed by atoms with Gasteiger partial charge in [-0.25, -0.2) is 17.2 Å². The highest BCUT2D eigenvalue weighted by molar-refractivity contribution is 7.90. The second-order valence-corrected chi connectivity index (χ2v) is 7.68. The molecule has 1 heterocycles. The third-order valence-electron chi connectivity index (χ3n) is 3.74. The first-order valence-corrected chi connectivity index (χ1v) is 9.10. The Morgan fingerprint density at radius 1 is 0.917 bits per heavy atom. The SMILES string of the molecule is Cc1cc(-c2ccc(F)cc2F)c(-c2ccc(S(C)(=O)=O)cc2)[nH]1. The molecule has 124 valence electrons. The maximum Gasteiger partial charge on any atom is 0.175 e. The molecule has 3 nitrogen and oxygen atoms in total. The summed E-state index contributed by atoms with van der Waals surface area (Å²) in [5, 5.41) is 0. The molecule has 2 aromatic carbocycles. The molecule has 0 atom stereocenters. The molecule has 6 heteroatoms. The van der Waals surface area contributed by atoms with E-state index >= 15 is 0 Å². The summed E-state index contributed by atoms with van der Waals surface area (Å²) in [7, 11) is -3.28. The average molecular weight is 347 g/mol. The van der Waals surface area contributed by atoms with E-state index in [4.69, 9.17) is 0 Å². The predicted molar refractivity (Wildman–Crippen MR) is 89.4 cm³/mol. The van der Waals surface area contributed by atoms with Crippen molar-refractivity contribution in [3.8, 4) is 22.4 Å². The van der Waals surface area contributed by atoms with Gasteiger partial charge < -0.3 is 4.98 Å². The molecule has 0 aliphatic heterocycles. The van der Waals surface area contributed by atoms with Crippen LogP contribution in [0.1, 0.15) is 5.69 Å². The molecule has 3 aromatic rings. The predicted octanol–water partition coefficient (Wildman–Crippen LogP) is 4.34. The van der Waals surface area contributed by atoms with Crippen molar-refractivity contribution in [2.45, 2.75) is 11.8 Å². The minimum atomic E-state index is -3.28. The normalized spacial score (nSPS) is 11.7. The monoisotopic (exact) mass is 347 g/mol. The van der Waals surface area contributed by atoms with E-state index in [-0.39, 0.29) is 10.5 Å². The zero-order chi connectivity index (χ0) is 17.5. The first-order chi connectivity index (χ1) is 11.3. The summed E-state index contributed by atoms with van der Waals surface area (Å²) >= 11 is 0. The maximum absolute atomic E-state index is 14.1. The fraction of sp³-hybridized carbons (Fsp3) is 0.111. The minimum absolute atomic E-state index is 0.212. The van der Waals surface area contributed by atoms with Gasteiger partial charge in [-0.3, -0.25) is 0 Å². The maximum atomic E-state index is 14.1. The number of halogens is 2. The van der Waals surface area contributed by atoms with Crippen LogP contribution in [-0.4, -0.2) is 19.7 Å². The quantitative estimate of drug-likeness (QED) is 0.766. The number of aryl methyl sites for hydroxylation is 1. The fourth-order valence-electron chi connectivity index (χ4n) is 2.61. The van der Waals surface area contributed by atoms with Crippen molar-refractivity contribution in [2.24, 2.45) is 0 Å². The third-order valence-corrected chi connectivity index (χ3v) is 4.87. The largest absolute Gasteiger partial charge is 0.358 e. The van der Waals surface area contributed by atoms with Gasteiger partial charge in [0, 0.05) is 29.1 Å². The lowest BCUT2D eigenvalue weighted by atomic mass is 10.0. The molecule has 0 radical (unpaired) electrons. The Kier molecular flexibility index (Phi) is 4.01. The Morgan fingerprint density at radius 3 is 2.17 bits per heavy atom. The molecule has 0 aliphatic rings. The number of nitrogens with one attached hydrogen (secondary N) is 1. The second-order valence-electron chi connectivity index (χ2n) is 5.66. The third kappa shape index (κ3) is 3.10. The number of aromatic amines is 1. The number of aromatic nitrogens is 1. The summed E-state index contributed by atoms with van der Waals surface area (Å²) in [5.74, 6) is -1.29. The first-order valence-electron chi connectivity index (χ1n) is 7.21. The van der Waals surface area contributed by atoms with Crippen molar-refractivity contribution in [3.05, 3.63) is 65.9 Å². The van der Waals surface area contributed by atoms with Crippen molar-refractivity contribution in [1.29, 1.82) is 0 Å². The van der Waals surface area contributed by atoms with Crippen molar-refractivity contribution in [1.82, 2.24) is 4.98 Å². The zero-order valence-electron chi connectivity index (χ0n) is 13.1. The Labute approximate surface area is 138 Å². The van der Waals surface area contributed by atoms with E-state index in [9.17, 15) is 17.2 Å². The van der Waals surface area contributed by atoms with Crippen LogP contribution in [-0.2, 0) is 9.84 Å². The topological polar surface area (TPSA) is 49.9 Å². The van der Waals surface area contributed by atoms with Gasteiger partial charge in [-0.05, 0) is 42.8 Å². The highest BCUT2D eigenvalue weighted by Crippen LogP contribution is 2.34. The van der Waals surface area contributed by atoms with Crippen LogP contribution in [0.2, 0.25) is 0 Å². The van der Waals surface area contributed by atoms with E-state index in [0.29, 0.717) is 16.8 Å². The molecule has 0 fully saturated rings. The Bertz CT molecular complexity index is 1010. The van der Waals surface area contributed by atoms with Crippen LogP contribution in [0.25, 0.3) is 22.4 Å². The van der Waals surface area contributed by atoms with Crippen LogP contribution in [0.4, 0.5) is 8.78 Å². The Morgan fingerprint density at radius 2 is 1.58 bits per heavy atom. The van der Waals surface area contributed by atoms with E-state index < -0.39 is 21.5 Å². The Hall–Kier alpha value is -2.47. The molecular formula is C18H15F2NO2S. The van der Waals surface area contributed by atoms with Gasteiger partial charge in [-0.1, -0.05) is 12.1 Å². The summed E-state index contributed by atoms with van der Waals surface area (Å²) < 4.78 is 50.4. The fourth-order valence-corrected chi connectivity index (χ4v) is 3.24. The average Bonchev–Trinajstić information content (AvgIpc) is 2.88. The standard InChI is InChI=1S/C18H15F2NO2S/c1-11-9-16(15-8-5-13(19)10-17(15)20)18(21-11)12-3-6-14(7-4-12)24(2,22)23/h3-10,21H,1-2H3. The molecule has 1 aromatic heterocycles. The smallest absolute Gasteiger partial charge is 0.175 e. The van der Waals surface area contributed by atoms with Crippen LogP contribution in [0.3, 0.4) is 0 Å². The van der Waals surface area contributed by atoms with Gasteiger partial charge in [-0.15, -0.1) is 0 Å². The molecule has 0 amide bonds. The van der Waals surface area contributed by atoms with Crippen LogP contribution < -0.4 is 0 Å². The van der Waals surface area contributed by atoms with Gasteiger partial charge in [0.25, 0.3) is 0 Å². The van der Waals surface area contributed by atoms with Crippen molar-refractivity contribution >= 4 is 9.84 Å². The van der Waals surface area contributed by atoms with Crippen LogP contribution in [0.15, 0.2) is 53.4 Å². The Balaban J connectivity index is 2.13. The summed E-state index contributed by atoms with van der Waals surface area (Å²) in [4.78, 5) is 3.36. The number of H-pyrrole nitrogens is 1. The zero-order valence-corrected chi connectivity index (χ0v) is 13.9. The summed E-state index contributed by atoms with van der Waals surface area (Å²) in [5.41, 5.74) is 3.06. The number of benzene rings is 2. The molecule has 0 bridgehead atoms. The number of rotatable bonds is 3. The molecule has 0 saturated heterocycles. The van der Waals surface area contributed by atoms with Gasteiger partial charge in [0.1, 0.15) is 11.6 Å². The van der Waals surface area contributed by atoms with Crippen molar-refractivity contribution in [2.75, 3.05) is 6.26 Å². The van der Waals surface area contributed by atoms with E-state index in [1.165, 1.54) is 24.3 Å². The molecule has 0 aliphatic carbocycles. The highest BCUT2D eigenvalue weighted by atomic mass is 32.2. The van der Waals surface area contributed by atoms with Crippen LogP contribution in [0.5, 0.6) is 0 Å². The molecular weight excluding hydrogens is 332 g/mol. The highest BCUT2D eigenvalue weighted by Gasteiger charge is 2.15. The van der Waals surface area contributed by atoms with Gasteiger partial charge in [0.15, 0.2) is 9.84 Å². The number of sulfone groups is 1. The molecule has 24 heavy (non-hydrogen) atoms. The van der Waals surface area contributed by atoms with Gasteiger partial charge in [0.05, 0.1) is 10.6 Å². The molecule has 0 unspecified atom stereocenters. The lowest BCUT2D eigenvalue weighted by Crippen LogP contribution is -1.96. The van der Waals surface area contributed by atoms with Crippen molar-refractivity contribution in [3.63, 3.8) is 0 Å². The number of hydrogen-bond donors (Lipinski definition) is 1. The van der Waals surface area contributed by atoms with Gasteiger partial charge in [-0.2, -0.15) is 0 Å². The van der Waals surface area contributed by atoms with Gasteiger partial charge >= 0.3 is 0 Å². The van der Waals surface area contributed by atoms with Crippen LogP contribution in [0, 0.1) is 18.6 Å². The summed E-state index contributed by atoms with van der Waals surface area (Å²) in [6.45, 7) is 1.83. The number of hydrogen-bond acceptors (Lipinski definition) is 2. The van der Waals surface area contributed by atoms with E-state index in [1.807, 2.05) is 6.92 Å². The van der Waals surface area contributed by atoms with E-state index in [1.54, 1.807) is 18.2 Å². The first kappa shape index (κ1) is 16.4. The van der Waals surface area contributed by atoms with Crippen molar-refractivity contribution < 1.29 is 17.2 Å². The lowest BCUT2D eigenvalue weighted by molar-refractivity contribution is 0.585. The summed E-state index contributed by atoms with van der Waals surface area (Å²) in [6, 6.07) is 11.5. The van der Waals surface area contributed by atoms with E-state index in [0.717, 1.165) is 18.0 Å². The van der Waals surface area contributed by atoms with E-state index in [2.05, 4.69) is 4.98 Å². The second kappa shape index (κ2) is 5.87.